The van der Waals surface area contributed by atoms with Crippen LogP contribution < -0.4 is 10.6 Å². The van der Waals surface area contributed by atoms with Crippen LogP contribution in [0, 0.1) is 0 Å². The van der Waals surface area contributed by atoms with Crippen molar-refractivity contribution in [2.45, 2.75) is 77.4 Å². The maximum atomic E-state index is 11.8. The fourth-order valence-corrected chi connectivity index (χ4v) is 4.23. The van der Waals surface area contributed by atoms with E-state index in [2.05, 4.69) is 29.7 Å². The zero-order valence-electron chi connectivity index (χ0n) is 20.6. The Kier molecular flexibility index (Phi) is 18.4. The maximum Gasteiger partial charge on any atom is 0.411 e. The molecule has 1 aromatic carbocycles. The van der Waals surface area contributed by atoms with Crippen molar-refractivity contribution < 1.29 is 24.9 Å². The lowest BCUT2D eigenvalue weighted by atomic mass is 10.1. The molecule has 5 N–H and O–H groups in total. The van der Waals surface area contributed by atoms with Crippen molar-refractivity contribution in [3.05, 3.63) is 35.9 Å². The molecular weight excluding hydrogens is 452 g/mol. The topological polar surface area (TPSA) is 111 Å². The van der Waals surface area contributed by atoms with E-state index in [1.54, 1.807) is 0 Å². The molecule has 0 saturated heterocycles. The molecule has 0 heterocycles. The summed E-state index contributed by atoms with van der Waals surface area (Å²) in [6.45, 7) is 3.92. The molecule has 0 aliphatic rings. The number of anilines is 1. The molecule has 1 amide bonds. The molecule has 0 spiro atoms. The Morgan fingerprint density at radius 3 is 2.41 bits per heavy atom. The van der Waals surface area contributed by atoms with Gasteiger partial charge in [-0.3, -0.25) is 5.32 Å². The number of hydrogen-bond donors (Lipinski definition) is 5. The summed E-state index contributed by atoms with van der Waals surface area (Å²) in [7, 11) is 0. The number of carbonyl (C=O) groups excluding carboxylic acids is 1. The molecular formula is C26H44N2O5S. The van der Waals surface area contributed by atoms with Gasteiger partial charge in [-0.2, -0.15) is 11.8 Å². The second-order valence-electron chi connectivity index (χ2n) is 8.29. The number of ether oxygens (including phenoxy) is 1. The van der Waals surface area contributed by atoms with E-state index < -0.39 is 12.4 Å². The normalized spacial score (nSPS) is 11.4. The van der Waals surface area contributed by atoms with Gasteiger partial charge >= 0.3 is 6.09 Å². The van der Waals surface area contributed by atoms with Crippen molar-refractivity contribution >= 4 is 23.5 Å². The number of rotatable bonds is 20. The summed E-state index contributed by atoms with van der Waals surface area (Å²) in [6.07, 6.45) is 15.2. The number of hydrogen-bond acceptors (Lipinski definition) is 7. The van der Waals surface area contributed by atoms with Crippen LogP contribution in [0.4, 0.5) is 10.5 Å². The third kappa shape index (κ3) is 16.0. The average Bonchev–Trinajstić information content (AvgIpc) is 2.81. The quantitative estimate of drug-likeness (QED) is 0.0679. The van der Waals surface area contributed by atoms with Gasteiger partial charge in [0.15, 0.2) is 6.29 Å². The van der Waals surface area contributed by atoms with Crippen LogP contribution in [0.2, 0.25) is 0 Å². The van der Waals surface area contributed by atoms with Gasteiger partial charge in [-0.25, -0.2) is 4.79 Å². The SMILES string of the molecule is CCCCCCCC=CCCCCCSCCNCCOC(=O)Nc1ccc(O)c(C(O)O)c1. The van der Waals surface area contributed by atoms with Gasteiger partial charge in [0.05, 0.1) is 5.56 Å². The highest BCUT2D eigenvalue weighted by Gasteiger charge is 2.11. The second-order valence-corrected chi connectivity index (χ2v) is 9.52. The Hall–Kier alpha value is -1.74. The molecule has 7 nitrogen and oxygen atoms in total. The van der Waals surface area contributed by atoms with Crippen LogP contribution in [0.3, 0.4) is 0 Å². The van der Waals surface area contributed by atoms with Crippen molar-refractivity contribution in [1.29, 1.82) is 0 Å². The molecule has 1 aromatic rings. The van der Waals surface area contributed by atoms with E-state index in [4.69, 9.17) is 4.74 Å². The number of allylic oxidation sites excluding steroid dienone is 2. The van der Waals surface area contributed by atoms with E-state index in [1.165, 1.54) is 88.2 Å². The Morgan fingerprint density at radius 1 is 1.00 bits per heavy atom. The van der Waals surface area contributed by atoms with Gasteiger partial charge in [-0.05, 0) is 56.1 Å². The number of aromatic hydroxyl groups is 1. The number of thioether (sulfide) groups is 1. The van der Waals surface area contributed by atoms with Crippen LogP contribution in [-0.2, 0) is 4.74 Å². The summed E-state index contributed by atoms with van der Waals surface area (Å²) >= 11 is 1.94. The number of benzene rings is 1. The minimum atomic E-state index is -1.82. The van der Waals surface area contributed by atoms with Crippen LogP contribution in [0.5, 0.6) is 5.75 Å². The van der Waals surface area contributed by atoms with Gasteiger partial charge in [0.1, 0.15) is 12.4 Å². The zero-order chi connectivity index (χ0) is 24.9. The van der Waals surface area contributed by atoms with E-state index in [0.717, 1.165) is 12.3 Å². The Morgan fingerprint density at radius 2 is 1.71 bits per heavy atom. The number of phenols is 1. The first-order valence-electron chi connectivity index (χ1n) is 12.6. The largest absolute Gasteiger partial charge is 0.507 e. The number of aliphatic hydroxyl groups is 2. The van der Waals surface area contributed by atoms with Crippen molar-refractivity contribution in [2.75, 3.05) is 36.5 Å². The lowest BCUT2D eigenvalue weighted by molar-refractivity contribution is -0.0438. The zero-order valence-corrected chi connectivity index (χ0v) is 21.5. The van der Waals surface area contributed by atoms with Crippen LogP contribution in [0.1, 0.15) is 83.0 Å². The Bertz CT molecular complexity index is 685. The molecule has 0 atom stereocenters. The number of carbonyl (C=O) groups is 1. The first-order chi connectivity index (χ1) is 16.5. The third-order valence-electron chi connectivity index (χ3n) is 5.29. The molecule has 194 valence electrons. The maximum absolute atomic E-state index is 11.8. The fraction of sp³-hybridized carbons (Fsp3) is 0.654. The lowest BCUT2D eigenvalue weighted by Crippen LogP contribution is -2.25. The van der Waals surface area contributed by atoms with Crippen molar-refractivity contribution in [2.24, 2.45) is 0 Å². The lowest BCUT2D eigenvalue weighted by Gasteiger charge is -2.11. The fourth-order valence-electron chi connectivity index (χ4n) is 3.32. The smallest absolute Gasteiger partial charge is 0.411 e. The summed E-state index contributed by atoms with van der Waals surface area (Å²) in [5.41, 5.74) is 0.224. The highest BCUT2D eigenvalue weighted by atomic mass is 32.2. The van der Waals surface area contributed by atoms with Crippen molar-refractivity contribution in [1.82, 2.24) is 5.32 Å². The van der Waals surface area contributed by atoms with Gasteiger partial charge in [-0.15, -0.1) is 0 Å². The predicted molar refractivity (Wildman–Crippen MR) is 141 cm³/mol. The van der Waals surface area contributed by atoms with Crippen LogP contribution >= 0.6 is 11.8 Å². The van der Waals surface area contributed by atoms with E-state index in [9.17, 15) is 20.1 Å². The molecule has 0 aliphatic heterocycles. The van der Waals surface area contributed by atoms with Crippen LogP contribution in [-0.4, -0.2) is 52.6 Å². The molecule has 0 radical (unpaired) electrons. The summed E-state index contributed by atoms with van der Waals surface area (Å²) in [6, 6.07) is 4.01. The van der Waals surface area contributed by atoms with Crippen molar-refractivity contribution in [3.8, 4) is 5.75 Å². The first-order valence-corrected chi connectivity index (χ1v) is 13.8. The summed E-state index contributed by atoms with van der Waals surface area (Å²) in [5, 5.41) is 33.6. The third-order valence-corrected chi connectivity index (χ3v) is 6.36. The Balaban J connectivity index is 1.89. The second kappa shape index (κ2) is 20.6. The minimum Gasteiger partial charge on any atom is -0.507 e. The van der Waals surface area contributed by atoms with E-state index in [0.29, 0.717) is 12.2 Å². The van der Waals surface area contributed by atoms with E-state index >= 15 is 0 Å². The molecule has 0 unspecified atom stereocenters. The van der Waals surface area contributed by atoms with Gasteiger partial charge in [0.2, 0.25) is 0 Å². The Labute approximate surface area is 209 Å². The van der Waals surface area contributed by atoms with Gasteiger partial charge in [0, 0.05) is 24.5 Å². The molecule has 0 fully saturated rings. The first kappa shape index (κ1) is 30.3. The molecule has 0 bridgehead atoms. The van der Waals surface area contributed by atoms with E-state index in [1.807, 2.05) is 11.8 Å². The molecule has 0 aromatic heterocycles. The number of aliphatic hydroxyl groups excluding tert-OH is 1. The molecule has 34 heavy (non-hydrogen) atoms. The molecule has 8 heteroatoms. The van der Waals surface area contributed by atoms with E-state index in [-0.39, 0.29) is 17.9 Å². The average molecular weight is 497 g/mol. The number of unbranched alkanes of at least 4 members (excludes halogenated alkanes) is 8. The molecule has 1 rings (SSSR count). The number of nitrogens with one attached hydrogen (secondary N) is 2. The molecule has 0 aliphatic carbocycles. The van der Waals surface area contributed by atoms with Gasteiger partial charge in [-0.1, -0.05) is 51.2 Å². The standard InChI is InChI=1S/C26H44N2O5S/c1-2-3-4-5-6-7-8-9-10-11-12-13-19-34-20-17-27-16-18-33-26(32)28-22-14-15-24(29)23(21-22)25(30)31/h8-9,14-15,21,25,27,29-31H,2-7,10-13,16-20H2,1H3,(H,28,32). The number of phenolic OH excluding ortho intramolecular Hbond substituents is 1. The van der Waals surface area contributed by atoms with Crippen LogP contribution in [0.15, 0.2) is 30.4 Å². The highest BCUT2D eigenvalue weighted by molar-refractivity contribution is 7.99. The number of amides is 1. The van der Waals surface area contributed by atoms with Crippen molar-refractivity contribution in [3.63, 3.8) is 0 Å². The highest BCUT2D eigenvalue weighted by Crippen LogP contribution is 2.26. The minimum absolute atomic E-state index is 0.0858. The summed E-state index contributed by atoms with van der Waals surface area (Å²) in [4.78, 5) is 11.8. The summed E-state index contributed by atoms with van der Waals surface area (Å²) in [5.74, 6) is 1.95. The molecule has 0 saturated carbocycles. The predicted octanol–water partition coefficient (Wildman–Crippen LogP) is 5.72. The monoisotopic (exact) mass is 496 g/mol. The van der Waals surface area contributed by atoms with Gasteiger partial charge < -0.3 is 25.4 Å². The summed E-state index contributed by atoms with van der Waals surface area (Å²) < 4.78 is 5.09. The van der Waals surface area contributed by atoms with Crippen LogP contribution in [0.25, 0.3) is 0 Å². The van der Waals surface area contributed by atoms with Gasteiger partial charge in [0.25, 0.3) is 0 Å².